The van der Waals surface area contributed by atoms with Crippen molar-refractivity contribution >= 4 is 11.6 Å². The predicted octanol–water partition coefficient (Wildman–Crippen LogP) is 2.86. The third-order valence-electron chi connectivity index (χ3n) is 2.40. The average Bonchev–Trinajstić information content (AvgIpc) is 2.32. The van der Waals surface area contributed by atoms with Gasteiger partial charge in [0.25, 0.3) is 0 Å². The highest BCUT2D eigenvalue weighted by atomic mass is 35.5. The SMILES string of the molecule is CNCc1cccc(Cl)c1OCCCCOC. The van der Waals surface area contributed by atoms with E-state index in [1.165, 1.54) is 0 Å². The number of hydrogen-bond donors (Lipinski definition) is 1. The summed E-state index contributed by atoms with van der Waals surface area (Å²) < 4.78 is 10.7. The van der Waals surface area contributed by atoms with Crippen LogP contribution in [0.1, 0.15) is 18.4 Å². The fraction of sp³-hybridized carbons (Fsp3) is 0.538. The molecule has 0 aromatic heterocycles. The van der Waals surface area contributed by atoms with Crippen LogP contribution in [0.3, 0.4) is 0 Å². The van der Waals surface area contributed by atoms with E-state index in [2.05, 4.69) is 5.32 Å². The van der Waals surface area contributed by atoms with Crippen LogP contribution < -0.4 is 10.1 Å². The van der Waals surface area contributed by atoms with Crippen LogP contribution in [0.25, 0.3) is 0 Å². The van der Waals surface area contributed by atoms with Gasteiger partial charge >= 0.3 is 0 Å². The van der Waals surface area contributed by atoms with E-state index in [1.807, 2.05) is 25.2 Å². The predicted molar refractivity (Wildman–Crippen MR) is 70.8 cm³/mol. The lowest BCUT2D eigenvalue weighted by Crippen LogP contribution is -2.08. The minimum Gasteiger partial charge on any atom is -0.492 e. The van der Waals surface area contributed by atoms with Gasteiger partial charge in [0, 0.05) is 25.8 Å². The van der Waals surface area contributed by atoms with Crippen molar-refractivity contribution in [3.63, 3.8) is 0 Å². The summed E-state index contributed by atoms with van der Waals surface area (Å²) in [4.78, 5) is 0. The molecule has 0 radical (unpaired) electrons. The Morgan fingerprint density at radius 2 is 2.00 bits per heavy atom. The Morgan fingerprint density at radius 3 is 2.71 bits per heavy atom. The summed E-state index contributed by atoms with van der Waals surface area (Å²) in [5.74, 6) is 0.793. The van der Waals surface area contributed by atoms with E-state index in [0.717, 1.165) is 37.3 Å². The second-order valence-corrected chi connectivity index (χ2v) is 4.21. The molecule has 0 fully saturated rings. The van der Waals surface area contributed by atoms with Crippen LogP contribution >= 0.6 is 11.6 Å². The summed E-state index contributed by atoms with van der Waals surface area (Å²) in [5.41, 5.74) is 1.09. The Morgan fingerprint density at radius 1 is 1.24 bits per heavy atom. The lowest BCUT2D eigenvalue weighted by molar-refractivity contribution is 0.184. The number of benzene rings is 1. The number of methoxy groups -OCH3 is 1. The molecule has 4 heteroatoms. The van der Waals surface area contributed by atoms with Crippen molar-refractivity contribution in [2.75, 3.05) is 27.4 Å². The third kappa shape index (κ3) is 4.94. The summed E-state index contributed by atoms with van der Waals surface area (Å²) in [6.45, 7) is 2.20. The fourth-order valence-corrected chi connectivity index (χ4v) is 1.82. The van der Waals surface area contributed by atoms with Gasteiger partial charge in [-0.3, -0.25) is 0 Å². The van der Waals surface area contributed by atoms with Gasteiger partial charge in [0.05, 0.1) is 11.6 Å². The second kappa shape index (κ2) is 8.34. The van der Waals surface area contributed by atoms with Gasteiger partial charge in [-0.1, -0.05) is 23.7 Å². The molecule has 0 bridgehead atoms. The number of hydrogen-bond acceptors (Lipinski definition) is 3. The third-order valence-corrected chi connectivity index (χ3v) is 2.70. The quantitative estimate of drug-likeness (QED) is 0.727. The van der Waals surface area contributed by atoms with E-state index in [4.69, 9.17) is 21.1 Å². The maximum absolute atomic E-state index is 6.13. The molecule has 1 aromatic rings. The molecular formula is C13H20ClNO2. The van der Waals surface area contributed by atoms with Crippen LogP contribution in [0.15, 0.2) is 18.2 Å². The molecule has 0 amide bonds. The van der Waals surface area contributed by atoms with Crippen LogP contribution in [0.5, 0.6) is 5.75 Å². The molecule has 0 aliphatic rings. The van der Waals surface area contributed by atoms with Crippen LogP contribution in [-0.4, -0.2) is 27.4 Å². The first-order valence-corrected chi connectivity index (χ1v) is 6.21. The second-order valence-electron chi connectivity index (χ2n) is 3.81. The van der Waals surface area contributed by atoms with Gasteiger partial charge < -0.3 is 14.8 Å². The van der Waals surface area contributed by atoms with Gasteiger partial charge in [-0.25, -0.2) is 0 Å². The van der Waals surface area contributed by atoms with E-state index >= 15 is 0 Å². The van der Waals surface area contributed by atoms with Crippen LogP contribution in [0, 0.1) is 0 Å². The molecule has 0 saturated carbocycles. The Labute approximate surface area is 108 Å². The first-order chi connectivity index (χ1) is 8.29. The normalized spacial score (nSPS) is 10.5. The Kier molecular flexibility index (Phi) is 7.01. The van der Waals surface area contributed by atoms with Crippen molar-refractivity contribution < 1.29 is 9.47 Å². The molecule has 0 atom stereocenters. The van der Waals surface area contributed by atoms with Crippen LogP contribution in [0.4, 0.5) is 0 Å². The molecule has 0 saturated heterocycles. The van der Waals surface area contributed by atoms with E-state index in [-0.39, 0.29) is 0 Å². The molecule has 0 spiro atoms. The maximum atomic E-state index is 6.13. The van der Waals surface area contributed by atoms with Crippen LogP contribution in [0.2, 0.25) is 5.02 Å². The molecule has 1 N–H and O–H groups in total. The van der Waals surface area contributed by atoms with Gasteiger partial charge in [0.15, 0.2) is 0 Å². The monoisotopic (exact) mass is 257 g/mol. The van der Waals surface area contributed by atoms with Crippen molar-refractivity contribution in [3.8, 4) is 5.75 Å². The van der Waals surface area contributed by atoms with Crippen molar-refractivity contribution in [1.29, 1.82) is 0 Å². The standard InChI is InChI=1S/C13H20ClNO2/c1-15-10-11-6-5-7-12(14)13(11)17-9-4-3-8-16-2/h5-7,15H,3-4,8-10H2,1-2H3. The number of halogens is 1. The van der Waals surface area contributed by atoms with Crippen molar-refractivity contribution in [3.05, 3.63) is 28.8 Å². The molecule has 0 aliphatic carbocycles. The van der Waals surface area contributed by atoms with Gasteiger partial charge in [-0.05, 0) is 26.0 Å². The minimum absolute atomic E-state index is 0.670. The zero-order valence-corrected chi connectivity index (χ0v) is 11.2. The lowest BCUT2D eigenvalue weighted by Gasteiger charge is -2.12. The number of ether oxygens (including phenoxy) is 2. The molecule has 3 nitrogen and oxygen atoms in total. The molecule has 17 heavy (non-hydrogen) atoms. The highest BCUT2D eigenvalue weighted by Gasteiger charge is 2.07. The van der Waals surface area contributed by atoms with Gasteiger partial charge in [-0.15, -0.1) is 0 Å². The summed E-state index contributed by atoms with van der Waals surface area (Å²) in [6, 6.07) is 5.81. The average molecular weight is 258 g/mol. The molecule has 0 unspecified atom stereocenters. The minimum atomic E-state index is 0.670. The number of nitrogens with one attached hydrogen (secondary N) is 1. The summed E-state index contributed by atoms with van der Waals surface area (Å²) in [5, 5.41) is 3.77. The number of unbranched alkanes of at least 4 members (excludes halogenated alkanes) is 1. The van der Waals surface area contributed by atoms with E-state index < -0.39 is 0 Å². The Hall–Kier alpha value is -0.770. The van der Waals surface area contributed by atoms with Crippen molar-refractivity contribution in [2.24, 2.45) is 0 Å². The zero-order chi connectivity index (χ0) is 12.5. The van der Waals surface area contributed by atoms with E-state index in [9.17, 15) is 0 Å². The first-order valence-electron chi connectivity index (χ1n) is 5.83. The van der Waals surface area contributed by atoms with Crippen LogP contribution in [-0.2, 0) is 11.3 Å². The highest BCUT2D eigenvalue weighted by Crippen LogP contribution is 2.28. The maximum Gasteiger partial charge on any atom is 0.142 e. The molecule has 1 rings (SSSR count). The van der Waals surface area contributed by atoms with Crippen molar-refractivity contribution in [1.82, 2.24) is 5.32 Å². The number of rotatable bonds is 8. The summed E-state index contributed by atoms with van der Waals surface area (Å²) in [6.07, 6.45) is 1.97. The van der Waals surface area contributed by atoms with E-state index in [1.54, 1.807) is 7.11 Å². The highest BCUT2D eigenvalue weighted by molar-refractivity contribution is 6.32. The number of para-hydroxylation sites is 1. The van der Waals surface area contributed by atoms with Crippen molar-refractivity contribution in [2.45, 2.75) is 19.4 Å². The van der Waals surface area contributed by atoms with E-state index in [0.29, 0.717) is 11.6 Å². The molecule has 0 aliphatic heterocycles. The van der Waals surface area contributed by atoms with Gasteiger partial charge in [-0.2, -0.15) is 0 Å². The lowest BCUT2D eigenvalue weighted by atomic mass is 10.2. The largest absolute Gasteiger partial charge is 0.492 e. The zero-order valence-electron chi connectivity index (χ0n) is 10.5. The fourth-order valence-electron chi connectivity index (χ4n) is 1.57. The summed E-state index contributed by atoms with van der Waals surface area (Å²) in [7, 11) is 3.61. The molecule has 96 valence electrons. The Balaban J connectivity index is 2.50. The van der Waals surface area contributed by atoms with Gasteiger partial charge in [0.2, 0.25) is 0 Å². The molecular weight excluding hydrogens is 238 g/mol. The molecule has 1 aromatic carbocycles. The summed E-state index contributed by atoms with van der Waals surface area (Å²) >= 11 is 6.13. The first kappa shape index (κ1) is 14.3. The van der Waals surface area contributed by atoms with Gasteiger partial charge in [0.1, 0.15) is 5.75 Å². The molecule has 0 heterocycles. The topological polar surface area (TPSA) is 30.5 Å². The Bertz CT molecular complexity index is 331. The smallest absolute Gasteiger partial charge is 0.142 e.